The Hall–Kier alpha value is -1.20. The summed E-state index contributed by atoms with van der Waals surface area (Å²) in [7, 11) is 0. The molecule has 3 rings (SSSR count). The maximum absolute atomic E-state index is 4.37. The summed E-state index contributed by atoms with van der Waals surface area (Å²) in [5, 5.41) is 8.10. The fraction of sp³-hybridized carbons (Fsp3) is 0.538. The van der Waals surface area contributed by atoms with Crippen molar-refractivity contribution in [1.82, 2.24) is 15.3 Å². The Morgan fingerprint density at radius 1 is 1.28 bits per heavy atom. The van der Waals surface area contributed by atoms with Gasteiger partial charge < -0.3 is 10.6 Å². The van der Waals surface area contributed by atoms with Gasteiger partial charge in [-0.3, -0.25) is 0 Å². The number of aryl methyl sites for hydroxylation is 2. The van der Waals surface area contributed by atoms with E-state index in [1.165, 1.54) is 28.7 Å². The standard InChI is InChI=1S/C13H18N4S/c1-8-9(2)18-13-11(8)12(16-7-17-13)15-6-5-14-10-3-4-10/h7,10,14H,3-6H2,1-2H3,(H,15,16,17). The van der Waals surface area contributed by atoms with Gasteiger partial charge in [0.15, 0.2) is 0 Å². The van der Waals surface area contributed by atoms with Crippen LogP contribution in [0.15, 0.2) is 6.33 Å². The summed E-state index contributed by atoms with van der Waals surface area (Å²) in [6, 6.07) is 0.766. The van der Waals surface area contributed by atoms with Crippen molar-refractivity contribution in [2.24, 2.45) is 0 Å². The van der Waals surface area contributed by atoms with Crippen LogP contribution in [0.25, 0.3) is 10.2 Å². The Morgan fingerprint density at radius 2 is 2.11 bits per heavy atom. The van der Waals surface area contributed by atoms with Gasteiger partial charge in [0.2, 0.25) is 0 Å². The lowest BCUT2D eigenvalue weighted by molar-refractivity contribution is 0.701. The Labute approximate surface area is 111 Å². The molecule has 18 heavy (non-hydrogen) atoms. The molecular formula is C13H18N4S. The number of fused-ring (bicyclic) bond motifs is 1. The molecule has 2 aromatic heterocycles. The van der Waals surface area contributed by atoms with Crippen molar-refractivity contribution in [2.75, 3.05) is 18.4 Å². The van der Waals surface area contributed by atoms with Crippen LogP contribution >= 0.6 is 11.3 Å². The molecule has 2 aromatic rings. The average Bonchev–Trinajstić information content (AvgIpc) is 3.13. The van der Waals surface area contributed by atoms with Crippen LogP contribution in [0.5, 0.6) is 0 Å². The molecule has 0 bridgehead atoms. The first-order valence-corrected chi connectivity index (χ1v) is 7.25. The molecule has 2 heterocycles. The minimum absolute atomic E-state index is 0.766. The quantitative estimate of drug-likeness (QED) is 0.813. The largest absolute Gasteiger partial charge is 0.368 e. The van der Waals surface area contributed by atoms with Gasteiger partial charge in [-0.25, -0.2) is 9.97 Å². The zero-order valence-corrected chi connectivity index (χ0v) is 11.6. The van der Waals surface area contributed by atoms with Gasteiger partial charge in [-0.1, -0.05) is 0 Å². The number of hydrogen-bond donors (Lipinski definition) is 2. The van der Waals surface area contributed by atoms with Gasteiger partial charge in [0, 0.05) is 24.0 Å². The molecule has 0 radical (unpaired) electrons. The van der Waals surface area contributed by atoms with Crippen LogP contribution in [0.4, 0.5) is 5.82 Å². The molecule has 96 valence electrons. The lowest BCUT2D eigenvalue weighted by Gasteiger charge is -2.07. The van der Waals surface area contributed by atoms with Gasteiger partial charge in [0.25, 0.3) is 0 Å². The average molecular weight is 262 g/mol. The van der Waals surface area contributed by atoms with E-state index in [0.717, 1.165) is 29.8 Å². The molecule has 0 unspecified atom stereocenters. The zero-order chi connectivity index (χ0) is 12.5. The van der Waals surface area contributed by atoms with Crippen molar-refractivity contribution in [3.05, 3.63) is 16.8 Å². The lowest BCUT2D eigenvalue weighted by Crippen LogP contribution is -2.24. The number of thiophene rings is 1. The van der Waals surface area contributed by atoms with Crippen LogP contribution < -0.4 is 10.6 Å². The summed E-state index contributed by atoms with van der Waals surface area (Å²) in [5.74, 6) is 0.972. The molecule has 0 aliphatic heterocycles. The number of anilines is 1. The molecule has 1 aliphatic carbocycles. The number of nitrogens with zero attached hydrogens (tertiary/aromatic N) is 2. The van der Waals surface area contributed by atoms with Gasteiger partial charge in [-0.15, -0.1) is 11.3 Å². The maximum Gasteiger partial charge on any atom is 0.138 e. The van der Waals surface area contributed by atoms with E-state index in [1.807, 2.05) is 0 Å². The summed E-state index contributed by atoms with van der Waals surface area (Å²) < 4.78 is 0. The third-order valence-corrected chi connectivity index (χ3v) is 4.51. The fourth-order valence-electron chi connectivity index (χ4n) is 2.06. The van der Waals surface area contributed by atoms with E-state index in [-0.39, 0.29) is 0 Å². The maximum atomic E-state index is 4.37. The molecule has 1 aliphatic rings. The molecule has 2 N–H and O–H groups in total. The summed E-state index contributed by atoms with van der Waals surface area (Å²) >= 11 is 1.74. The monoisotopic (exact) mass is 262 g/mol. The second kappa shape index (κ2) is 4.82. The molecule has 0 amide bonds. The molecule has 5 heteroatoms. The van der Waals surface area contributed by atoms with E-state index in [2.05, 4.69) is 34.4 Å². The van der Waals surface area contributed by atoms with E-state index in [9.17, 15) is 0 Å². The van der Waals surface area contributed by atoms with Crippen LogP contribution in [0, 0.1) is 13.8 Å². The number of aromatic nitrogens is 2. The highest BCUT2D eigenvalue weighted by molar-refractivity contribution is 7.18. The molecule has 1 saturated carbocycles. The molecule has 0 aromatic carbocycles. The first-order chi connectivity index (χ1) is 8.75. The summed E-state index contributed by atoms with van der Waals surface area (Å²) in [6.07, 6.45) is 4.32. The minimum atomic E-state index is 0.766. The Bertz CT molecular complexity index is 559. The van der Waals surface area contributed by atoms with Crippen molar-refractivity contribution in [2.45, 2.75) is 32.7 Å². The smallest absolute Gasteiger partial charge is 0.138 e. The highest BCUT2D eigenvalue weighted by Crippen LogP contribution is 2.32. The van der Waals surface area contributed by atoms with Gasteiger partial charge in [0.1, 0.15) is 17.0 Å². The predicted octanol–water partition coefficient (Wildman–Crippen LogP) is 2.47. The predicted molar refractivity (Wildman–Crippen MR) is 76.4 cm³/mol. The van der Waals surface area contributed by atoms with Crippen molar-refractivity contribution in [3.8, 4) is 0 Å². The first kappa shape index (κ1) is 11.9. The third kappa shape index (κ3) is 2.33. The topological polar surface area (TPSA) is 49.8 Å². The van der Waals surface area contributed by atoms with E-state index in [1.54, 1.807) is 17.7 Å². The fourth-order valence-corrected chi connectivity index (χ4v) is 3.06. The van der Waals surface area contributed by atoms with Crippen LogP contribution in [0.1, 0.15) is 23.3 Å². The Kier molecular flexibility index (Phi) is 3.18. The second-order valence-electron chi connectivity index (χ2n) is 4.84. The Balaban J connectivity index is 1.73. The second-order valence-corrected chi connectivity index (χ2v) is 6.04. The minimum Gasteiger partial charge on any atom is -0.368 e. The number of hydrogen-bond acceptors (Lipinski definition) is 5. The summed E-state index contributed by atoms with van der Waals surface area (Å²) in [4.78, 5) is 11.1. The lowest BCUT2D eigenvalue weighted by atomic mass is 10.2. The van der Waals surface area contributed by atoms with Gasteiger partial charge in [-0.05, 0) is 32.3 Å². The van der Waals surface area contributed by atoms with Gasteiger partial charge >= 0.3 is 0 Å². The number of rotatable bonds is 5. The molecule has 4 nitrogen and oxygen atoms in total. The molecule has 0 spiro atoms. The highest BCUT2D eigenvalue weighted by Gasteiger charge is 2.19. The highest BCUT2D eigenvalue weighted by atomic mass is 32.1. The molecule has 0 saturated heterocycles. The molecule has 0 atom stereocenters. The van der Waals surface area contributed by atoms with E-state index < -0.39 is 0 Å². The van der Waals surface area contributed by atoms with E-state index in [0.29, 0.717) is 0 Å². The van der Waals surface area contributed by atoms with Crippen LogP contribution in [-0.2, 0) is 0 Å². The summed E-state index contributed by atoms with van der Waals surface area (Å²) in [5.41, 5.74) is 1.30. The number of nitrogens with one attached hydrogen (secondary N) is 2. The normalized spacial score (nSPS) is 15.2. The SMILES string of the molecule is Cc1sc2ncnc(NCCNC3CC3)c2c1C. The van der Waals surface area contributed by atoms with Crippen LogP contribution in [0.2, 0.25) is 0 Å². The first-order valence-electron chi connectivity index (χ1n) is 6.43. The van der Waals surface area contributed by atoms with Crippen molar-refractivity contribution >= 4 is 27.4 Å². The van der Waals surface area contributed by atoms with Gasteiger partial charge in [-0.2, -0.15) is 0 Å². The summed E-state index contributed by atoms with van der Waals surface area (Å²) in [6.45, 7) is 6.19. The molecule has 1 fully saturated rings. The molecular weight excluding hydrogens is 244 g/mol. The van der Waals surface area contributed by atoms with Crippen molar-refractivity contribution < 1.29 is 0 Å². The van der Waals surface area contributed by atoms with Gasteiger partial charge in [0.05, 0.1) is 5.39 Å². The van der Waals surface area contributed by atoms with Crippen molar-refractivity contribution in [3.63, 3.8) is 0 Å². The van der Waals surface area contributed by atoms with E-state index in [4.69, 9.17) is 0 Å². The van der Waals surface area contributed by atoms with E-state index >= 15 is 0 Å². The van der Waals surface area contributed by atoms with Crippen LogP contribution in [0.3, 0.4) is 0 Å². The van der Waals surface area contributed by atoms with Crippen LogP contribution in [-0.4, -0.2) is 29.1 Å². The zero-order valence-electron chi connectivity index (χ0n) is 10.8. The van der Waals surface area contributed by atoms with Crippen molar-refractivity contribution in [1.29, 1.82) is 0 Å². The third-order valence-electron chi connectivity index (χ3n) is 3.39. The Morgan fingerprint density at radius 3 is 2.89 bits per heavy atom.